The van der Waals surface area contributed by atoms with Gasteiger partial charge in [-0.3, -0.25) is 9.69 Å². The van der Waals surface area contributed by atoms with Gasteiger partial charge in [0.05, 0.1) is 12.8 Å². The Kier molecular flexibility index (Phi) is 9.02. The zero-order chi connectivity index (χ0) is 24.6. The molecule has 190 valence electrons. The van der Waals surface area contributed by atoms with Crippen molar-refractivity contribution in [1.82, 2.24) is 4.90 Å². The molecule has 2 aromatic carbocycles. The number of benzene rings is 2. The molecular formula is C29H39FN2O3. The first-order valence-corrected chi connectivity index (χ1v) is 13.1. The summed E-state index contributed by atoms with van der Waals surface area (Å²) in [5.41, 5.74) is 1.81. The van der Waals surface area contributed by atoms with E-state index in [-0.39, 0.29) is 23.8 Å². The van der Waals surface area contributed by atoms with Gasteiger partial charge >= 0.3 is 5.97 Å². The third-order valence-corrected chi connectivity index (χ3v) is 7.67. The van der Waals surface area contributed by atoms with E-state index in [2.05, 4.69) is 15.9 Å². The average Bonchev–Trinajstić information content (AvgIpc) is 2.89. The second-order valence-corrected chi connectivity index (χ2v) is 9.89. The van der Waals surface area contributed by atoms with E-state index in [1.54, 1.807) is 13.2 Å². The number of esters is 1. The smallest absolute Gasteiger partial charge is 0.302 e. The second-order valence-electron chi connectivity index (χ2n) is 9.89. The molecule has 0 spiro atoms. The number of carbonyl (C=O) groups is 1. The summed E-state index contributed by atoms with van der Waals surface area (Å²) in [6.07, 6.45) is 6.10. The van der Waals surface area contributed by atoms with Crippen LogP contribution in [0.1, 0.15) is 56.9 Å². The van der Waals surface area contributed by atoms with Gasteiger partial charge in [0.1, 0.15) is 17.7 Å². The number of rotatable bonds is 9. The van der Waals surface area contributed by atoms with Gasteiger partial charge in [-0.2, -0.15) is 0 Å². The monoisotopic (exact) mass is 482 g/mol. The van der Waals surface area contributed by atoms with Crippen LogP contribution in [0.15, 0.2) is 48.5 Å². The quantitative estimate of drug-likeness (QED) is 0.433. The SMILES string of the molecule is COc1ccccc1N1CCN(CCC(c2ccccc2F)C(OC(C)=O)C2CCCCC2)CC1. The van der Waals surface area contributed by atoms with Gasteiger partial charge < -0.3 is 14.4 Å². The molecular weight excluding hydrogens is 443 g/mol. The molecule has 0 aromatic heterocycles. The van der Waals surface area contributed by atoms with Crippen molar-refractivity contribution in [2.24, 2.45) is 5.92 Å². The lowest BCUT2D eigenvalue weighted by Crippen LogP contribution is -2.47. The number of hydrogen-bond donors (Lipinski definition) is 0. The molecule has 35 heavy (non-hydrogen) atoms. The summed E-state index contributed by atoms with van der Waals surface area (Å²) >= 11 is 0. The normalized spacial score (nSPS) is 19.2. The molecule has 4 rings (SSSR count). The molecule has 5 nitrogen and oxygen atoms in total. The molecule has 0 bridgehead atoms. The van der Waals surface area contributed by atoms with E-state index in [4.69, 9.17) is 9.47 Å². The molecule has 0 amide bonds. The maximum absolute atomic E-state index is 15.0. The fourth-order valence-corrected chi connectivity index (χ4v) is 5.86. The van der Waals surface area contributed by atoms with Crippen LogP contribution in [0.5, 0.6) is 5.75 Å². The first kappa shape index (κ1) is 25.5. The van der Waals surface area contributed by atoms with Crippen molar-refractivity contribution in [2.75, 3.05) is 44.7 Å². The van der Waals surface area contributed by atoms with Gasteiger partial charge in [-0.05, 0) is 55.5 Å². The molecule has 2 unspecified atom stereocenters. The van der Waals surface area contributed by atoms with E-state index in [1.807, 2.05) is 30.3 Å². The zero-order valence-corrected chi connectivity index (χ0v) is 21.1. The van der Waals surface area contributed by atoms with Crippen molar-refractivity contribution >= 4 is 11.7 Å². The van der Waals surface area contributed by atoms with Gasteiger partial charge in [0, 0.05) is 39.0 Å². The van der Waals surface area contributed by atoms with Crippen LogP contribution >= 0.6 is 0 Å². The third-order valence-electron chi connectivity index (χ3n) is 7.67. The number of anilines is 1. The maximum Gasteiger partial charge on any atom is 0.302 e. The molecule has 6 heteroatoms. The summed E-state index contributed by atoms with van der Waals surface area (Å²) in [4.78, 5) is 16.9. The van der Waals surface area contributed by atoms with Crippen LogP contribution in [0.4, 0.5) is 10.1 Å². The van der Waals surface area contributed by atoms with E-state index in [0.29, 0.717) is 11.5 Å². The third kappa shape index (κ3) is 6.54. The van der Waals surface area contributed by atoms with Crippen molar-refractivity contribution in [3.05, 3.63) is 59.9 Å². The Morgan fingerprint density at radius 1 is 1.00 bits per heavy atom. The fourth-order valence-electron chi connectivity index (χ4n) is 5.86. The van der Waals surface area contributed by atoms with Crippen molar-refractivity contribution in [3.8, 4) is 5.75 Å². The lowest BCUT2D eigenvalue weighted by atomic mass is 9.76. The van der Waals surface area contributed by atoms with Crippen molar-refractivity contribution in [3.63, 3.8) is 0 Å². The summed E-state index contributed by atoms with van der Waals surface area (Å²) in [7, 11) is 1.71. The van der Waals surface area contributed by atoms with Crippen LogP contribution in [0.25, 0.3) is 0 Å². The number of hydrogen-bond acceptors (Lipinski definition) is 5. The Morgan fingerprint density at radius 2 is 1.69 bits per heavy atom. The van der Waals surface area contributed by atoms with E-state index in [1.165, 1.54) is 19.4 Å². The number of nitrogens with zero attached hydrogens (tertiary/aromatic N) is 2. The largest absolute Gasteiger partial charge is 0.495 e. The fraction of sp³-hybridized carbons (Fsp3) is 0.552. The topological polar surface area (TPSA) is 42.0 Å². The van der Waals surface area contributed by atoms with Gasteiger partial charge in [-0.1, -0.05) is 49.6 Å². The van der Waals surface area contributed by atoms with Crippen molar-refractivity contribution in [2.45, 2.75) is 57.5 Å². The molecule has 1 saturated carbocycles. The highest BCUT2D eigenvalue weighted by molar-refractivity contribution is 5.66. The minimum absolute atomic E-state index is 0.143. The molecule has 2 atom stereocenters. The van der Waals surface area contributed by atoms with Gasteiger partial charge in [-0.15, -0.1) is 0 Å². The van der Waals surface area contributed by atoms with Gasteiger partial charge in [0.25, 0.3) is 0 Å². The van der Waals surface area contributed by atoms with Crippen LogP contribution in [0.2, 0.25) is 0 Å². The molecule has 2 aliphatic rings. The molecule has 0 radical (unpaired) electrons. The van der Waals surface area contributed by atoms with Crippen LogP contribution in [-0.4, -0.2) is 56.8 Å². The van der Waals surface area contributed by atoms with Crippen LogP contribution < -0.4 is 9.64 Å². The number of ether oxygens (including phenoxy) is 2. The predicted molar refractivity (Wildman–Crippen MR) is 138 cm³/mol. The molecule has 1 aliphatic heterocycles. The lowest BCUT2D eigenvalue weighted by molar-refractivity contribution is -0.151. The maximum atomic E-state index is 15.0. The Balaban J connectivity index is 1.46. The van der Waals surface area contributed by atoms with E-state index in [0.717, 1.165) is 76.3 Å². The number of para-hydroxylation sites is 2. The lowest BCUT2D eigenvalue weighted by Gasteiger charge is -2.39. The first-order chi connectivity index (χ1) is 17.1. The highest BCUT2D eigenvalue weighted by Crippen LogP contribution is 2.38. The molecule has 0 N–H and O–H groups in total. The zero-order valence-electron chi connectivity index (χ0n) is 21.1. The van der Waals surface area contributed by atoms with Crippen molar-refractivity contribution < 1.29 is 18.7 Å². The molecule has 1 aliphatic carbocycles. The Labute approximate surface area is 209 Å². The van der Waals surface area contributed by atoms with Crippen LogP contribution in [0, 0.1) is 11.7 Å². The highest BCUT2D eigenvalue weighted by Gasteiger charge is 2.35. The van der Waals surface area contributed by atoms with E-state index >= 15 is 4.39 Å². The summed E-state index contributed by atoms with van der Waals surface area (Å²) in [6.45, 7) is 6.03. The van der Waals surface area contributed by atoms with Crippen molar-refractivity contribution in [1.29, 1.82) is 0 Å². The van der Waals surface area contributed by atoms with Crippen LogP contribution in [-0.2, 0) is 9.53 Å². The van der Waals surface area contributed by atoms with Gasteiger partial charge in [-0.25, -0.2) is 4.39 Å². The Hall–Kier alpha value is -2.60. The average molecular weight is 483 g/mol. The number of methoxy groups -OCH3 is 1. The minimum Gasteiger partial charge on any atom is -0.495 e. The number of carbonyl (C=O) groups excluding carboxylic acids is 1. The summed E-state index contributed by atoms with van der Waals surface area (Å²) in [5, 5.41) is 0. The number of halogens is 1. The van der Waals surface area contributed by atoms with Crippen LogP contribution in [0.3, 0.4) is 0 Å². The second kappa shape index (κ2) is 12.4. The standard InChI is InChI=1S/C29H39FN2O3/c1-22(33)35-29(23-10-4-3-5-11-23)25(24-12-6-7-13-26(24)30)16-17-31-18-20-32(21-19-31)27-14-8-9-15-28(27)34-2/h6-9,12-15,23,25,29H,3-5,10-11,16-21H2,1-2H3. The van der Waals surface area contributed by atoms with E-state index in [9.17, 15) is 4.79 Å². The Bertz CT molecular complexity index is 954. The Morgan fingerprint density at radius 3 is 2.37 bits per heavy atom. The minimum atomic E-state index is -0.278. The summed E-state index contributed by atoms with van der Waals surface area (Å²) < 4.78 is 26.5. The highest BCUT2D eigenvalue weighted by atomic mass is 19.1. The van der Waals surface area contributed by atoms with Gasteiger partial charge in [0.15, 0.2) is 0 Å². The number of piperazine rings is 1. The van der Waals surface area contributed by atoms with Gasteiger partial charge in [0.2, 0.25) is 0 Å². The molecule has 1 heterocycles. The molecule has 2 aromatic rings. The first-order valence-electron chi connectivity index (χ1n) is 13.1. The molecule has 1 saturated heterocycles. The summed E-state index contributed by atoms with van der Waals surface area (Å²) in [5.74, 6) is 0.575. The summed E-state index contributed by atoms with van der Waals surface area (Å²) in [6, 6.07) is 15.2. The predicted octanol–water partition coefficient (Wildman–Crippen LogP) is 5.64. The molecule has 2 fully saturated rings. The van der Waals surface area contributed by atoms with E-state index < -0.39 is 0 Å².